The van der Waals surface area contributed by atoms with Gasteiger partial charge in [-0.3, -0.25) is 0 Å². The number of esters is 1. The Kier molecular flexibility index (Phi) is 1.94. The van der Waals surface area contributed by atoms with Crippen LogP contribution < -0.4 is 0 Å². The molecule has 5 heteroatoms. The van der Waals surface area contributed by atoms with Gasteiger partial charge in [0.25, 0.3) is 0 Å². The van der Waals surface area contributed by atoms with Crippen molar-refractivity contribution in [3.63, 3.8) is 0 Å². The molecule has 1 aromatic heterocycles. The molecule has 0 fully saturated rings. The number of nitrogens with zero attached hydrogens (tertiary/aromatic N) is 2. The predicted octanol–water partition coefficient (Wildman–Crippen LogP) is 1.48. The molecule has 0 amide bonds. The number of fused-ring (bicyclic) bond motifs is 1. The standard InChI is InChI=1S/C8H6N2O2S/c1-12-8(11)5-3-2-4-6-7(5)10-13-9-6/h2-4H,1H3. The lowest BCUT2D eigenvalue weighted by atomic mass is 10.2. The van der Waals surface area contributed by atoms with Crippen molar-refractivity contribution >= 4 is 28.7 Å². The second-order valence-electron chi connectivity index (χ2n) is 2.43. The number of carbonyl (C=O) groups is 1. The highest BCUT2D eigenvalue weighted by atomic mass is 32.1. The average Bonchev–Trinajstić information content (AvgIpc) is 2.63. The molecule has 0 aliphatic rings. The smallest absolute Gasteiger partial charge is 0.340 e. The van der Waals surface area contributed by atoms with Crippen molar-refractivity contribution in [1.29, 1.82) is 0 Å². The molecule has 1 heterocycles. The van der Waals surface area contributed by atoms with E-state index in [1.165, 1.54) is 7.11 Å². The van der Waals surface area contributed by atoms with Gasteiger partial charge in [-0.2, -0.15) is 8.75 Å². The molecule has 0 spiro atoms. The summed E-state index contributed by atoms with van der Waals surface area (Å²) in [5.41, 5.74) is 1.81. The van der Waals surface area contributed by atoms with Gasteiger partial charge in [0.15, 0.2) is 0 Å². The van der Waals surface area contributed by atoms with Crippen LogP contribution in [0.1, 0.15) is 10.4 Å². The largest absolute Gasteiger partial charge is 0.465 e. The van der Waals surface area contributed by atoms with Gasteiger partial charge in [0.1, 0.15) is 11.0 Å². The maximum atomic E-state index is 11.2. The van der Waals surface area contributed by atoms with E-state index in [-0.39, 0.29) is 5.97 Å². The molecule has 2 aromatic rings. The van der Waals surface area contributed by atoms with Crippen molar-refractivity contribution in [3.05, 3.63) is 23.8 Å². The quantitative estimate of drug-likeness (QED) is 0.645. The van der Waals surface area contributed by atoms with Gasteiger partial charge in [-0.05, 0) is 12.1 Å². The molecule has 0 aliphatic heterocycles. The van der Waals surface area contributed by atoms with E-state index in [1.54, 1.807) is 12.1 Å². The van der Waals surface area contributed by atoms with E-state index in [1.807, 2.05) is 6.07 Å². The van der Waals surface area contributed by atoms with E-state index in [9.17, 15) is 4.79 Å². The zero-order chi connectivity index (χ0) is 9.26. The molecule has 1 aromatic carbocycles. The number of carbonyl (C=O) groups excluding carboxylic acids is 1. The number of hydrogen-bond donors (Lipinski definition) is 0. The number of ether oxygens (including phenoxy) is 1. The Labute approximate surface area is 78.5 Å². The van der Waals surface area contributed by atoms with E-state index in [4.69, 9.17) is 0 Å². The zero-order valence-electron chi connectivity index (χ0n) is 6.85. The van der Waals surface area contributed by atoms with Crippen LogP contribution in [0, 0.1) is 0 Å². The molecule has 0 saturated carbocycles. The zero-order valence-corrected chi connectivity index (χ0v) is 7.67. The topological polar surface area (TPSA) is 52.1 Å². The minimum Gasteiger partial charge on any atom is -0.465 e. The number of hydrogen-bond acceptors (Lipinski definition) is 5. The third-order valence-corrected chi connectivity index (χ3v) is 2.23. The summed E-state index contributed by atoms with van der Waals surface area (Å²) in [5, 5.41) is 0. The first kappa shape index (κ1) is 8.12. The minimum absolute atomic E-state index is 0.377. The molecule has 0 atom stereocenters. The van der Waals surface area contributed by atoms with Gasteiger partial charge < -0.3 is 4.74 Å². The van der Waals surface area contributed by atoms with Crippen LogP contribution in [0.5, 0.6) is 0 Å². The second kappa shape index (κ2) is 3.10. The highest BCUT2D eigenvalue weighted by Crippen LogP contribution is 2.16. The van der Waals surface area contributed by atoms with Crippen molar-refractivity contribution in [2.45, 2.75) is 0 Å². The number of methoxy groups -OCH3 is 1. The van der Waals surface area contributed by atoms with Crippen molar-refractivity contribution < 1.29 is 9.53 Å². The average molecular weight is 194 g/mol. The van der Waals surface area contributed by atoms with Crippen LogP contribution in [-0.2, 0) is 4.74 Å². The molecule has 0 unspecified atom stereocenters. The second-order valence-corrected chi connectivity index (χ2v) is 2.96. The van der Waals surface area contributed by atoms with Gasteiger partial charge in [0.2, 0.25) is 0 Å². The van der Waals surface area contributed by atoms with Gasteiger partial charge in [-0.1, -0.05) is 6.07 Å². The lowest BCUT2D eigenvalue weighted by Gasteiger charge is -1.97. The van der Waals surface area contributed by atoms with Gasteiger partial charge >= 0.3 is 5.97 Å². The normalized spacial score (nSPS) is 10.2. The van der Waals surface area contributed by atoms with Crippen molar-refractivity contribution in [3.8, 4) is 0 Å². The van der Waals surface area contributed by atoms with Crippen molar-refractivity contribution in [2.75, 3.05) is 7.11 Å². The summed E-state index contributed by atoms with van der Waals surface area (Å²) in [7, 11) is 1.35. The number of benzene rings is 1. The van der Waals surface area contributed by atoms with Gasteiger partial charge in [-0.25, -0.2) is 4.79 Å². The van der Waals surface area contributed by atoms with Gasteiger partial charge in [-0.15, -0.1) is 0 Å². The molecule has 0 bridgehead atoms. The summed E-state index contributed by atoms with van der Waals surface area (Å²) in [4.78, 5) is 11.2. The summed E-state index contributed by atoms with van der Waals surface area (Å²) in [6, 6.07) is 5.25. The minimum atomic E-state index is -0.377. The van der Waals surface area contributed by atoms with Crippen LogP contribution in [0.25, 0.3) is 11.0 Å². The molecule has 0 radical (unpaired) electrons. The van der Waals surface area contributed by atoms with Crippen LogP contribution >= 0.6 is 11.7 Å². The third-order valence-electron chi connectivity index (χ3n) is 1.69. The highest BCUT2D eigenvalue weighted by Gasteiger charge is 2.11. The molecule has 0 N–H and O–H groups in total. The summed E-state index contributed by atoms with van der Waals surface area (Å²) >= 11 is 1.09. The van der Waals surface area contributed by atoms with Crippen molar-refractivity contribution in [1.82, 2.24) is 8.75 Å². The maximum absolute atomic E-state index is 11.2. The van der Waals surface area contributed by atoms with Crippen LogP contribution in [0.4, 0.5) is 0 Å². The lowest BCUT2D eigenvalue weighted by Crippen LogP contribution is -2.01. The third kappa shape index (κ3) is 1.27. The Hall–Kier alpha value is -1.49. The first-order valence-corrected chi connectivity index (χ1v) is 4.35. The lowest BCUT2D eigenvalue weighted by molar-refractivity contribution is 0.0603. The van der Waals surface area contributed by atoms with E-state index >= 15 is 0 Å². The molecule has 13 heavy (non-hydrogen) atoms. The van der Waals surface area contributed by atoms with E-state index in [0.29, 0.717) is 11.1 Å². The molecular formula is C8H6N2O2S. The Bertz CT molecular complexity index is 452. The Morgan fingerprint density at radius 3 is 3.08 bits per heavy atom. The number of rotatable bonds is 1. The van der Waals surface area contributed by atoms with Crippen LogP contribution in [0.2, 0.25) is 0 Å². The number of aromatic nitrogens is 2. The van der Waals surface area contributed by atoms with E-state index in [0.717, 1.165) is 17.2 Å². The van der Waals surface area contributed by atoms with Crippen molar-refractivity contribution in [2.24, 2.45) is 0 Å². The van der Waals surface area contributed by atoms with E-state index < -0.39 is 0 Å². The summed E-state index contributed by atoms with van der Waals surface area (Å²) in [6.07, 6.45) is 0. The molecular weight excluding hydrogens is 188 g/mol. The van der Waals surface area contributed by atoms with E-state index in [2.05, 4.69) is 13.5 Å². The van der Waals surface area contributed by atoms with Crippen LogP contribution in [0.15, 0.2) is 18.2 Å². The molecule has 2 rings (SSSR count). The predicted molar refractivity (Wildman–Crippen MR) is 48.8 cm³/mol. The Morgan fingerprint density at radius 1 is 1.46 bits per heavy atom. The molecule has 0 saturated heterocycles. The fourth-order valence-electron chi connectivity index (χ4n) is 1.08. The van der Waals surface area contributed by atoms with Gasteiger partial charge in [0, 0.05) is 0 Å². The highest BCUT2D eigenvalue weighted by molar-refractivity contribution is 7.00. The molecule has 66 valence electrons. The fourth-order valence-corrected chi connectivity index (χ4v) is 1.63. The summed E-state index contributed by atoms with van der Waals surface area (Å²) in [5.74, 6) is -0.377. The summed E-state index contributed by atoms with van der Waals surface area (Å²) < 4.78 is 12.6. The van der Waals surface area contributed by atoms with Gasteiger partial charge in [0.05, 0.1) is 24.4 Å². The molecule has 0 aliphatic carbocycles. The first-order chi connectivity index (χ1) is 6.33. The SMILES string of the molecule is COC(=O)c1cccc2nsnc12. The first-order valence-electron chi connectivity index (χ1n) is 3.62. The maximum Gasteiger partial charge on any atom is 0.340 e. The summed E-state index contributed by atoms with van der Waals surface area (Å²) in [6.45, 7) is 0. The monoisotopic (exact) mass is 194 g/mol. The van der Waals surface area contributed by atoms with Crippen LogP contribution in [-0.4, -0.2) is 21.8 Å². The fraction of sp³-hybridized carbons (Fsp3) is 0.125. The Morgan fingerprint density at radius 2 is 2.31 bits per heavy atom. The molecule has 4 nitrogen and oxygen atoms in total. The Balaban J connectivity index is 2.67. The van der Waals surface area contributed by atoms with Crippen LogP contribution in [0.3, 0.4) is 0 Å².